The van der Waals surface area contributed by atoms with Gasteiger partial charge in [-0.3, -0.25) is 9.59 Å². The van der Waals surface area contributed by atoms with Crippen LogP contribution in [0.5, 0.6) is 5.75 Å². The van der Waals surface area contributed by atoms with Crippen LogP contribution < -0.4 is 4.74 Å². The van der Waals surface area contributed by atoms with E-state index in [0.29, 0.717) is 36.6 Å². The number of aliphatic hydroxyl groups is 1. The Bertz CT molecular complexity index is 900. The smallest absolute Gasteiger partial charge is 0.295 e. The molecule has 1 aromatic carbocycles. The van der Waals surface area contributed by atoms with Crippen LogP contribution in [0.1, 0.15) is 37.6 Å². The van der Waals surface area contributed by atoms with Gasteiger partial charge in [0.05, 0.1) is 25.1 Å². The van der Waals surface area contributed by atoms with E-state index < -0.39 is 17.7 Å². The van der Waals surface area contributed by atoms with Gasteiger partial charge in [-0.2, -0.15) is 0 Å². The quantitative estimate of drug-likeness (QED) is 0.316. The number of methoxy groups -OCH3 is 1. The Labute approximate surface area is 169 Å². The highest BCUT2D eigenvalue weighted by atomic mass is 16.5. The number of benzene rings is 1. The van der Waals surface area contributed by atoms with Gasteiger partial charge in [0.25, 0.3) is 11.7 Å². The number of carbonyl (C=O) groups is 2. The second kappa shape index (κ2) is 8.96. The first-order valence-corrected chi connectivity index (χ1v) is 9.52. The number of likely N-dealkylation sites (tertiary alicyclic amines) is 1. The van der Waals surface area contributed by atoms with Gasteiger partial charge in [-0.25, -0.2) is 0 Å². The molecular weight excluding hydrogens is 374 g/mol. The molecule has 1 aliphatic heterocycles. The van der Waals surface area contributed by atoms with Crippen molar-refractivity contribution in [2.24, 2.45) is 0 Å². The van der Waals surface area contributed by atoms with Crippen LogP contribution in [-0.4, -0.2) is 48.1 Å². The van der Waals surface area contributed by atoms with E-state index in [4.69, 9.17) is 13.9 Å². The van der Waals surface area contributed by atoms with E-state index in [1.807, 2.05) is 13.8 Å². The Kier molecular flexibility index (Phi) is 6.39. The molecule has 1 atom stereocenters. The van der Waals surface area contributed by atoms with Crippen molar-refractivity contribution in [1.82, 2.24) is 4.90 Å². The van der Waals surface area contributed by atoms with Crippen LogP contribution in [0.25, 0.3) is 5.76 Å². The Hall–Kier alpha value is -3.06. The number of aliphatic hydroxyl groups excluding tert-OH is 1. The zero-order valence-corrected chi connectivity index (χ0v) is 16.8. The molecule has 1 amide bonds. The molecule has 0 radical (unpaired) electrons. The fourth-order valence-corrected chi connectivity index (χ4v) is 3.33. The molecule has 1 aliphatic rings. The maximum Gasteiger partial charge on any atom is 0.295 e. The summed E-state index contributed by atoms with van der Waals surface area (Å²) in [5, 5.41) is 10.9. The van der Waals surface area contributed by atoms with Gasteiger partial charge in [0.1, 0.15) is 23.3 Å². The number of ketones is 1. The number of Topliss-reactive ketones (excluding diaryl/α,β-unsaturated/α-hetero) is 1. The maximum atomic E-state index is 12.8. The topological polar surface area (TPSA) is 89.2 Å². The molecule has 7 heteroatoms. The van der Waals surface area contributed by atoms with Crippen LogP contribution >= 0.6 is 0 Å². The molecule has 0 saturated carbocycles. The van der Waals surface area contributed by atoms with Crippen LogP contribution in [0.2, 0.25) is 0 Å². The average molecular weight is 399 g/mol. The van der Waals surface area contributed by atoms with E-state index >= 15 is 0 Å². The van der Waals surface area contributed by atoms with Crippen molar-refractivity contribution < 1.29 is 28.6 Å². The first-order chi connectivity index (χ1) is 13.9. The lowest BCUT2D eigenvalue weighted by atomic mass is 9.99. The molecule has 154 valence electrons. The van der Waals surface area contributed by atoms with Crippen molar-refractivity contribution in [1.29, 1.82) is 0 Å². The number of nitrogens with zero attached hydrogens (tertiary/aromatic N) is 1. The van der Waals surface area contributed by atoms with Crippen LogP contribution in [0.3, 0.4) is 0 Å². The van der Waals surface area contributed by atoms with E-state index in [9.17, 15) is 14.7 Å². The largest absolute Gasteiger partial charge is 0.507 e. The number of rotatable bonds is 8. The van der Waals surface area contributed by atoms with Gasteiger partial charge in [-0.05, 0) is 44.5 Å². The summed E-state index contributed by atoms with van der Waals surface area (Å²) in [6, 6.07) is 9.27. The molecule has 0 unspecified atom stereocenters. The molecule has 0 spiro atoms. The highest BCUT2D eigenvalue weighted by Gasteiger charge is 2.47. The summed E-state index contributed by atoms with van der Waals surface area (Å²) in [5.41, 5.74) is 0.394. The van der Waals surface area contributed by atoms with E-state index in [1.165, 1.54) is 18.3 Å². The molecule has 7 nitrogen and oxygen atoms in total. The minimum atomic E-state index is -0.796. The third-order valence-electron chi connectivity index (χ3n) is 4.69. The Morgan fingerprint density at radius 1 is 1.24 bits per heavy atom. The highest BCUT2D eigenvalue weighted by molar-refractivity contribution is 6.46. The molecule has 2 aromatic rings. The Morgan fingerprint density at radius 2 is 2.03 bits per heavy atom. The molecule has 1 aromatic heterocycles. The van der Waals surface area contributed by atoms with Crippen molar-refractivity contribution in [2.75, 3.05) is 20.3 Å². The normalized spacial score (nSPS) is 18.6. The van der Waals surface area contributed by atoms with E-state index in [-0.39, 0.29) is 17.4 Å². The molecule has 1 fully saturated rings. The summed E-state index contributed by atoms with van der Waals surface area (Å²) in [4.78, 5) is 27.0. The summed E-state index contributed by atoms with van der Waals surface area (Å²) < 4.78 is 16.2. The molecule has 29 heavy (non-hydrogen) atoms. The van der Waals surface area contributed by atoms with E-state index in [0.717, 1.165) is 0 Å². The molecule has 1 saturated heterocycles. The minimum absolute atomic E-state index is 0.00276. The zero-order chi connectivity index (χ0) is 21.0. The van der Waals surface area contributed by atoms with Gasteiger partial charge in [0, 0.05) is 18.7 Å². The fourth-order valence-electron chi connectivity index (χ4n) is 3.33. The molecule has 0 aliphatic carbocycles. The second-order valence-corrected chi connectivity index (χ2v) is 7.01. The number of hydrogen-bond acceptors (Lipinski definition) is 6. The molecule has 0 bridgehead atoms. The number of amides is 1. The zero-order valence-electron chi connectivity index (χ0n) is 16.8. The molecule has 3 rings (SSSR count). The fraction of sp³-hybridized carbons (Fsp3) is 0.364. The standard InChI is InChI=1S/C22H25NO6/c1-14(2)28-12-6-10-23-19(17-9-5-11-29-17)18(21(25)22(23)26)20(24)15-7-4-8-16(13-15)27-3/h4-5,7-9,11,13-14,19,24H,6,10,12H2,1-3H3/t19-/m0/s1. The molecule has 2 heterocycles. The number of carbonyl (C=O) groups excluding carboxylic acids is 2. The van der Waals surface area contributed by atoms with Crippen molar-refractivity contribution in [2.45, 2.75) is 32.4 Å². The predicted octanol–water partition coefficient (Wildman–Crippen LogP) is 3.53. The summed E-state index contributed by atoms with van der Waals surface area (Å²) in [7, 11) is 1.51. The third kappa shape index (κ3) is 4.35. The minimum Gasteiger partial charge on any atom is -0.507 e. The lowest BCUT2D eigenvalue weighted by Gasteiger charge is -2.23. The first-order valence-electron chi connectivity index (χ1n) is 9.52. The van der Waals surface area contributed by atoms with Gasteiger partial charge < -0.3 is 23.9 Å². The second-order valence-electron chi connectivity index (χ2n) is 7.01. The van der Waals surface area contributed by atoms with Crippen molar-refractivity contribution >= 4 is 17.4 Å². The van der Waals surface area contributed by atoms with Gasteiger partial charge >= 0.3 is 0 Å². The van der Waals surface area contributed by atoms with E-state index in [1.54, 1.807) is 36.4 Å². The van der Waals surface area contributed by atoms with Crippen LogP contribution in [0, 0.1) is 0 Å². The number of ether oxygens (including phenoxy) is 2. The summed E-state index contributed by atoms with van der Waals surface area (Å²) >= 11 is 0. The van der Waals surface area contributed by atoms with E-state index in [2.05, 4.69) is 0 Å². The average Bonchev–Trinajstić information content (AvgIpc) is 3.32. The molecule has 1 N–H and O–H groups in total. The van der Waals surface area contributed by atoms with Gasteiger partial charge in [-0.15, -0.1) is 0 Å². The third-order valence-corrected chi connectivity index (χ3v) is 4.69. The number of hydrogen-bond donors (Lipinski definition) is 1. The van der Waals surface area contributed by atoms with Gasteiger partial charge in [-0.1, -0.05) is 12.1 Å². The first kappa shape index (κ1) is 20.7. The van der Waals surface area contributed by atoms with Crippen LogP contribution in [-0.2, 0) is 14.3 Å². The Balaban J connectivity index is 1.98. The summed E-state index contributed by atoms with van der Waals surface area (Å²) in [6.45, 7) is 4.63. The Morgan fingerprint density at radius 3 is 2.69 bits per heavy atom. The monoisotopic (exact) mass is 399 g/mol. The lowest BCUT2D eigenvalue weighted by molar-refractivity contribution is -0.140. The van der Waals surface area contributed by atoms with Crippen molar-refractivity contribution in [3.05, 3.63) is 59.6 Å². The van der Waals surface area contributed by atoms with Gasteiger partial charge in [0.15, 0.2) is 0 Å². The number of furan rings is 1. The SMILES string of the molecule is COc1cccc(C(O)=C2C(=O)C(=O)N(CCCOC(C)C)[C@H]2c2ccco2)c1. The van der Waals surface area contributed by atoms with Crippen LogP contribution in [0.4, 0.5) is 0 Å². The highest BCUT2D eigenvalue weighted by Crippen LogP contribution is 2.39. The summed E-state index contributed by atoms with van der Waals surface area (Å²) in [6.07, 6.45) is 2.11. The predicted molar refractivity (Wildman–Crippen MR) is 106 cm³/mol. The lowest BCUT2D eigenvalue weighted by Crippen LogP contribution is -2.31. The molecular formula is C22H25NO6. The maximum absolute atomic E-state index is 12.8. The van der Waals surface area contributed by atoms with Crippen molar-refractivity contribution in [3.8, 4) is 5.75 Å². The van der Waals surface area contributed by atoms with Gasteiger partial charge in [0.2, 0.25) is 0 Å². The van der Waals surface area contributed by atoms with Crippen LogP contribution in [0.15, 0.2) is 52.7 Å². The summed E-state index contributed by atoms with van der Waals surface area (Å²) in [5.74, 6) is -0.719. The van der Waals surface area contributed by atoms with Crippen molar-refractivity contribution in [3.63, 3.8) is 0 Å².